The number of benzene rings is 2. The van der Waals surface area contributed by atoms with E-state index in [1.807, 2.05) is 18.2 Å². The molecule has 22 heavy (non-hydrogen) atoms. The van der Waals surface area contributed by atoms with Gasteiger partial charge in [0.25, 0.3) is 11.8 Å². The van der Waals surface area contributed by atoms with E-state index in [-0.39, 0.29) is 11.8 Å². The Kier molecular flexibility index (Phi) is 4.02. The second-order valence-electron chi connectivity index (χ2n) is 5.53. The zero-order valence-corrected chi connectivity index (χ0v) is 12.5. The molecular formula is C18H19N2O2+. The lowest BCUT2D eigenvalue weighted by molar-refractivity contribution is -0.691. The Labute approximate surface area is 129 Å². The van der Waals surface area contributed by atoms with Gasteiger partial charge in [-0.25, -0.2) is 0 Å². The van der Waals surface area contributed by atoms with E-state index in [2.05, 4.69) is 24.4 Å². The number of hydrogen-bond acceptors (Lipinski definition) is 2. The Balaban J connectivity index is 1.59. The van der Waals surface area contributed by atoms with Gasteiger partial charge < -0.3 is 5.32 Å². The predicted octanol–water partition coefficient (Wildman–Crippen LogP) is 1.61. The summed E-state index contributed by atoms with van der Waals surface area (Å²) in [5.74, 6) is -0.359. The molecule has 3 rings (SSSR count). The summed E-state index contributed by atoms with van der Waals surface area (Å²) < 4.78 is 0. The van der Waals surface area contributed by atoms with Crippen LogP contribution in [0.4, 0.5) is 0 Å². The average molecular weight is 295 g/mol. The van der Waals surface area contributed by atoms with Crippen LogP contribution in [-0.2, 0) is 0 Å². The Morgan fingerprint density at radius 1 is 0.909 bits per heavy atom. The van der Waals surface area contributed by atoms with Crippen molar-refractivity contribution in [1.82, 2.24) is 4.90 Å². The molecule has 112 valence electrons. The number of carbonyl (C=O) groups is 2. The summed E-state index contributed by atoms with van der Waals surface area (Å²) >= 11 is 0. The number of fused-ring (bicyclic) bond motifs is 1. The van der Waals surface area contributed by atoms with E-state index < -0.39 is 0 Å². The smallest absolute Gasteiger partial charge is 0.261 e. The number of hydrogen-bond donors (Lipinski definition) is 1. The normalized spacial score (nSPS) is 15.0. The van der Waals surface area contributed by atoms with Crippen LogP contribution in [-0.4, -0.2) is 29.8 Å². The molecule has 1 atom stereocenters. The second-order valence-corrected chi connectivity index (χ2v) is 5.53. The van der Waals surface area contributed by atoms with Crippen molar-refractivity contribution in [2.75, 3.05) is 13.1 Å². The lowest BCUT2D eigenvalue weighted by Gasteiger charge is -2.15. The SMILES string of the molecule is C[C@H]([NH2+]CCN1C(=O)c2ccccc2C1=O)c1ccccc1. The van der Waals surface area contributed by atoms with Crippen LogP contribution in [0.15, 0.2) is 54.6 Å². The van der Waals surface area contributed by atoms with Gasteiger partial charge in [0.15, 0.2) is 0 Å². The fraction of sp³-hybridized carbons (Fsp3) is 0.222. The quantitative estimate of drug-likeness (QED) is 0.852. The zero-order valence-electron chi connectivity index (χ0n) is 12.5. The maximum Gasteiger partial charge on any atom is 0.261 e. The van der Waals surface area contributed by atoms with Gasteiger partial charge in [-0.2, -0.15) is 0 Å². The van der Waals surface area contributed by atoms with Crippen LogP contribution in [0.2, 0.25) is 0 Å². The number of nitrogens with two attached hydrogens (primary N) is 1. The van der Waals surface area contributed by atoms with E-state index in [1.54, 1.807) is 24.3 Å². The predicted molar refractivity (Wildman–Crippen MR) is 83.5 cm³/mol. The third-order valence-corrected chi connectivity index (χ3v) is 4.08. The molecule has 0 spiro atoms. The first-order valence-electron chi connectivity index (χ1n) is 7.52. The number of carbonyl (C=O) groups excluding carboxylic acids is 2. The Bertz CT molecular complexity index is 662. The van der Waals surface area contributed by atoms with Gasteiger partial charge in [0.1, 0.15) is 6.04 Å². The van der Waals surface area contributed by atoms with Crippen molar-refractivity contribution in [1.29, 1.82) is 0 Å². The van der Waals surface area contributed by atoms with E-state index in [0.29, 0.717) is 30.3 Å². The average Bonchev–Trinajstić information content (AvgIpc) is 2.81. The van der Waals surface area contributed by atoms with Gasteiger partial charge in [0.2, 0.25) is 0 Å². The molecule has 4 heteroatoms. The molecule has 1 aliphatic heterocycles. The van der Waals surface area contributed by atoms with Crippen molar-refractivity contribution < 1.29 is 14.9 Å². The van der Waals surface area contributed by atoms with Gasteiger partial charge in [-0.1, -0.05) is 42.5 Å². The second kappa shape index (κ2) is 6.12. The maximum atomic E-state index is 12.2. The van der Waals surface area contributed by atoms with Crippen LogP contribution in [0.1, 0.15) is 39.2 Å². The Hall–Kier alpha value is -2.46. The molecule has 0 aromatic heterocycles. The molecule has 0 aliphatic carbocycles. The van der Waals surface area contributed by atoms with E-state index in [0.717, 1.165) is 0 Å². The van der Waals surface area contributed by atoms with Crippen LogP contribution in [0.25, 0.3) is 0 Å². The highest BCUT2D eigenvalue weighted by molar-refractivity contribution is 6.21. The summed E-state index contributed by atoms with van der Waals surface area (Å²) in [6.07, 6.45) is 0. The lowest BCUT2D eigenvalue weighted by atomic mass is 10.1. The van der Waals surface area contributed by atoms with Crippen LogP contribution in [0, 0.1) is 0 Å². The molecular weight excluding hydrogens is 276 g/mol. The van der Waals surface area contributed by atoms with Gasteiger partial charge in [0, 0.05) is 5.56 Å². The molecule has 4 nitrogen and oxygen atoms in total. The van der Waals surface area contributed by atoms with E-state index in [9.17, 15) is 9.59 Å². The molecule has 2 N–H and O–H groups in total. The molecule has 0 unspecified atom stereocenters. The highest BCUT2D eigenvalue weighted by Gasteiger charge is 2.34. The van der Waals surface area contributed by atoms with Gasteiger partial charge in [-0.05, 0) is 19.1 Å². The van der Waals surface area contributed by atoms with Crippen molar-refractivity contribution in [3.8, 4) is 0 Å². The number of nitrogens with zero attached hydrogens (tertiary/aromatic N) is 1. The maximum absolute atomic E-state index is 12.2. The van der Waals surface area contributed by atoms with Crippen LogP contribution in [0.5, 0.6) is 0 Å². The first kappa shape index (κ1) is 14.5. The molecule has 2 aromatic rings. The summed E-state index contributed by atoms with van der Waals surface area (Å²) in [6.45, 7) is 3.25. The number of amides is 2. The minimum Gasteiger partial charge on any atom is -0.339 e. The van der Waals surface area contributed by atoms with Crippen molar-refractivity contribution in [2.45, 2.75) is 13.0 Å². The van der Waals surface area contributed by atoms with Crippen molar-refractivity contribution in [3.05, 3.63) is 71.3 Å². The standard InChI is InChI=1S/C18H18N2O2/c1-13(14-7-3-2-4-8-14)19-11-12-20-17(21)15-9-5-6-10-16(15)18(20)22/h2-10,13,19H,11-12H2,1H3/p+1/t13-/m0/s1. The molecule has 2 amide bonds. The zero-order chi connectivity index (χ0) is 15.5. The van der Waals surface area contributed by atoms with E-state index >= 15 is 0 Å². The molecule has 0 fully saturated rings. The third-order valence-electron chi connectivity index (χ3n) is 4.08. The fourth-order valence-corrected chi connectivity index (χ4v) is 2.79. The van der Waals surface area contributed by atoms with Gasteiger partial charge in [-0.3, -0.25) is 14.5 Å². The van der Waals surface area contributed by atoms with Crippen LogP contribution >= 0.6 is 0 Å². The van der Waals surface area contributed by atoms with E-state index in [1.165, 1.54) is 10.5 Å². The highest BCUT2D eigenvalue weighted by Crippen LogP contribution is 2.21. The minimum absolute atomic E-state index is 0.179. The molecule has 2 aromatic carbocycles. The number of quaternary nitrogens is 1. The van der Waals surface area contributed by atoms with Crippen LogP contribution in [0.3, 0.4) is 0 Å². The largest absolute Gasteiger partial charge is 0.339 e. The molecule has 0 saturated heterocycles. The summed E-state index contributed by atoms with van der Waals surface area (Å²) in [5, 5.41) is 2.15. The molecule has 0 saturated carbocycles. The van der Waals surface area contributed by atoms with Gasteiger partial charge in [-0.15, -0.1) is 0 Å². The van der Waals surface area contributed by atoms with Gasteiger partial charge >= 0.3 is 0 Å². The summed E-state index contributed by atoms with van der Waals surface area (Å²) in [6, 6.07) is 17.5. The highest BCUT2D eigenvalue weighted by atomic mass is 16.2. The first-order chi connectivity index (χ1) is 10.7. The van der Waals surface area contributed by atoms with Crippen molar-refractivity contribution in [3.63, 3.8) is 0 Å². The van der Waals surface area contributed by atoms with Crippen molar-refractivity contribution >= 4 is 11.8 Å². The van der Waals surface area contributed by atoms with E-state index in [4.69, 9.17) is 0 Å². The molecule has 0 radical (unpaired) electrons. The third kappa shape index (κ3) is 2.65. The van der Waals surface area contributed by atoms with Crippen LogP contribution < -0.4 is 5.32 Å². The van der Waals surface area contributed by atoms with Gasteiger partial charge in [0.05, 0.1) is 24.2 Å². The lowest BCUT2D eigenvalue weighted by Crippen LogP contribution is -2.86. The summed E-state index contributed by atoms with van der Waals surface area (Å²) in [7, 11) is 0. The van der Waals surface area contributed by atoms with Crippen molar-refractivity contribution in [2.24, 2.45) is 0 Å². The Morgan fingerprint density at radius 2 is 1.45 bits per heavy atom. The first-order valence-corrected chi connectivity index (χ1v) is 7.52. The summed E-state index contributed by atoms with van der Waals surface area (Å²) in [5.41, 5.74) is 2.28. The number of imide groups is 1. The molecule has 0 bridgehead atoms. The fourth-order valence-electron chi connectivity index (χ4n) is 2.79. The topological polar surface area (TPSA) is 54.0 Å². The number of rotatable bonds is 5. The minimum atomic E-state index is -0.179. The summed E-state index contributed by atoms with van der Waals surface area (Å²) in [4.78, 5) is 25.8. The Morgan fingerprint density at radius 3 is 2.05 bits per heavy atom. The molecule has 1 heterocycles. The monoisotopic (exact) mass is 295 g/mol. The molecule has 1 aliphatic rings.